The van der Waals surface area contributed by atoms with Gasteiger partial charge in [-0.2, -0.15) is 0 Å². The number of halogens is 1. The second-order valence-electron chi connectivity index (χ2n) is 18.2. The van der Waals surface area contributed by atoms with Gasteiger partial charge in [-0.05, 0) is 101 Å². The van der Waals surface area contributed by atoms with E-state index in [4.69, 9.17) is 28.9 Å². The minimum Gasteiger partial charge on any atom is -0.464 e. The molecule has 2 fully saturated rings. The maximum atomic E-state index is 16.9. The van der Waals surface area contributed by atoms with Crippen LogP contribution in [0.5, 0.6) is 5.75 Å². The molecule has 3 aliphatic rings. The molecule has 0 radical (unpaired) electrons. The van der Waals surface area contributed by atoms with Crippen molar-refractivity contribution in [2.45, 2.75) is 104 Å². The zero-order valence-corrected chi connectivity index (χ0v) is 40.8. The number of aromatic amines is 2. The molecule has 1 unspecified atom stereocenters. The largest absolute Gasteiger partial charge is 0.464 e. The minimum atomic E-state index is -0.974. The van der Waals surface area contributed by atoms with Crippen LogP contribution in [0.25, 0.3) is 44.7 Å². The molecule has 0 aliphatic carbocycles. The van der Waals surface area contributed by atoms with E-state index >= 15 is 4.39 Å². The number of alkyl carbamates (subject to hydrolysis) is 2. The molecular formula is C50H58FN9O8S. The number of amides is 4. The number of ether oxygens (including phenoxy) is 4. The molecule has 0 saturated carbocycles. The average Bonchev–Trinajstić information content (AvgIpc) is 4.20. The van der Waals surface area contributed by atoms with E-state index in [9.17, 15) is 19.2 Å². The molecule has 2 aromatic carbocycles. The van der Waals surface area contributed by atoms with Crippen molar-refractivity contribution in [3.63, 3.8) is 0 Å². The zero-order valence-electron chi connectivity index (χ0n) is 40.0. The molecule has 69 heavy (non-hydrogen) atoms. The summed E-state index contributed by atoms with van der Waals surface area (Å²) in [5, 5.41) is 6.22. The van der Waals surface area contributed by atoms with Gasteiger partial charge in [-0.15, -0.1) is 11.3 Å². The van der Waals surface area contributed by atoms with Crippen molar-refractivity contribution in [3.8, 4) is 39.5 Å². The number of H-pyrrole nitrogens is 2. The highest BCUT2D eigenvalue weighted by Gasteiger charge is 2.40. The van der Waals surface area contributed by atoms with Gasteiger partial charge in [-0.25, -0.2) is 23.9 Å². The molecule has 3 aliphatic heterocycles. The smallest absolute Gasteiger partial charge is 0.407 e. The first-order valence-corrected chi connectivity index (χ1v) is 24.3. The van der Waals surface area contributed by atoms with Crippen molar-refractivity contribution >= 4 is 46.2 Å². The second-order valence-corrected chi connectivity index (χ2v) is 19.5. The van der Waals surface area contributed by atoms with E-state index in [1.807, 2.05) is 51.1 Å². The molecule has 19 heteroatoms. The van der Waals surface area contributed by atoms with Crippen molar-refractivity contribution in [2.24, 2.45) is 5.92 Å². The molecule has 6 atom stereocenters. The summed E-state index contributed by atoms with van der Waals surface area (Å²) < 4.78 is 41.2. The molecular weight excluding hydrogens is 906 g/mol. The van der Waals surface area contributed by atoms with Crippen LogP contribution in [-0.4, -0.2) is 110 Å². The van der Waals surface area contributed by atoms with E-state index in [1.54, 1.807) is 40.5 Å². The number of benzene rings is 2. The predicted molar refractivity (Wildman–Crippen MR) is 257 cm³/mol. The summed E-state index contributed by atoms with van der Waals surface area (Å²) in [6, 6.07) is 11.1. The van der Waals surface area contributed by atoms with E-state index in [1.165, 1.54) is 20.3 Å². The Bertz CT molecular complexity index is 2900. The van der Waals surface area contributed by atoms with Crippen molar-refractivity contribution in [3.05, 3.63) is 87.6 Å². The maximum absolute atomic E-state index is 16.9. The molecule has 4 amide bonds. The first kappa shape index (κ1) is 47.3. The maximum Gasteiger partial charge on any atom is 0.407 e. The summed E-state index contributed by atoms with van der Waals surface area (Å²) in [5.74, 6) is 0.446. The van der Waals surface area contributed by atoms with E-state index < -0.39 is 48.5 Å². The third-order valence-corrected chi connectivity index (χ3v) is 14.8. The number of fused-ring (bicyclic) bond motifs is 5. The fourth-order valence-corrected chi connectivity index (χ4v) is 11.0. The summed E-state index contributed by atoms with van der Waals surface area (Å²) in [6.45, 7) is 12.8. The Morgan fingerprint density at radius 3 is 2.03 bits per heavy atom. The van der Waals surface area contributed by atoms with Crippen molar-refractivity contribution in [2.75, 3.05) is 33.9 Å². The van der Waals surface area contributed by atoms with Crippen molar-refractivity contribution in [1.82, 2.24) is 44.9 Å². The molecule has 4 N–H and O–H groups in total. The topological polar surface area (TPSA) is 198 Å². The number of thiophene rings is 1. The van der Waals surface area contributed by atoms with Gasteiger partial charge in [0.2, 0.25) is 18.0 Å². The van der Waals surface area contributed by atoms with Crippen LogP contribution in [0.3, 0.4) is 0 Å². The number of aromatic nitrogens is 5. The van der Waals surface area contributed by atoms with Gasteiger partial charge in [0.25, 0.3) is 0 Å². The fourth-order valence-electron chi connectivity index (χ4n) is 9.93. The van der Waals surface area contributed by atoms with Crippen LogP contribution < -0.4 is 15.4 Å². The molecule has 7 heterocycles. The highest BCUT2D eigenvalue weighted by atomic mass is 32.1. The molecule has 9 rings (SSSR count). The molecule has 364 valence electrons. The fraction of sp³-hybridized carbons (Fsp3) is 0.440. The van der Waals surface area contributed by atoms with Gasteiger partial charge < -0.3 is 49.3 Å². The van der Waals surface area contributed by atoms with Gasteiger partial charge in [0.1, 0.15) is 35.3 Å². The van der Waals surface area contributed by atoms with Crippen LogP contribution in [0, 0.1) is 25.6 Å². The van der Waals surface area contributed by atoms with E-state index in [2.05, 4.69) is 45.1 Å². The van der Waals surface area contributed by atoms with E-state index in [-0.39, 0.29) is 23.8 Å². The molecule has 4 aromatic heterocycles. The minimum absolute atomic E-state index is 0.155. The van der Waals surface area contributed by atoms with Gasteiger partial charge in [0.15, 0.2) is 0 Å². The van der Waals surface area contributed by atoms with Gasteiger partial charge in [-0.1, -0.05) is 19.9 Å². The highest BCUT2D eigenvalue weighted by Crippen LogP contribution is 2.49. The Morgan fingerprint density at radius 2 is 1.45 bits per heavy atom. The Hall–Kier alpha value is -6.73. The van der Waals surface area contributed by atoms with Gasteiger partial charge in [-0.3, -0.25) is 14.2 Å². The number of rotatable bonds is 13. The SMILES string of the molecule is CCOC(C)[C@H](NC(=O)OC)C(=O)N1CCC[C@@H]1c1ncc(-c2cc(F)c3c(c2)O[C@@H](c2cc(C)c(C)s2)n2c-3cc3cc(-c4cnc([C@@H]5CCCN5C(=O)[C@@H](NC(=O)OC)C(C)C)[nH]4)ccc32)[nH]1. The number of carbonyl (C=O) groups is 4. The summed E-state index contributed by atoms with van der Waals surface area (Å²) in [6.07, 6.45) is 3.69. The summed E-state index contributed by atoms with van der Waals surface area (Å²) in [7, 11) is 2.52. The summed E-state index contributed by atoms with van der Waals surface area (Å²) in [5.41, 5.74) is 5.68. The van der Waals surface area contributed by atoms with Crippen molar-refractivity contribution in [1.29, 1.82) is 0 Å². The van der Waals surface area contributed by atoms with Crippen LogP contribution in [0.1, 0.15) is 98.7 Å². The van der Waals surface area contributed by atoms with Crippen LogP contribution in [0.2, 0.25) is 0 Å². The van der Waals surface area contributed by atoms with Crippen LogP contribution in [-0.2, 0) is 23.8 Å². The first-order valence-electron chi connectivity index (χ1n) is 23.4. The normalized spacial score (nSPS) is 19.0. The lowest BCUT2D eigenvalue weighted by molar-refractivity contribution is -0.138. The first-order chi connectivity index (χ1) is 33.2. The number of aryl methyl sites for hydroxylation is 2. The van der Waals surface area contributed by atoms with Crippen LogP contribution >= 0.6 is 11.3 Å². The standard InChI is InChI=1S/C50H58FN9O8S/c1-9-67-27(5)43(57-50(64)66-8)47(62)59-17-11-13-37(59)45-53-24-34(55-45)30-20-32(51)41-38-21-31-19-29(14-15-35(31)60(38)48(68-39(41)22-30)40-18-26(4)28(6)69-40)33-23-52-44(54-33)36-12-10-16-58(36)46(61)42(25(2)3)56-49(63)65-7/h14-15,18-25,27,36-37,42-43,48H,9-13,16-17H2,1-8H3,(H,52,54)(H,53,55)(H,56,63)(H,57,64)/t27?,36-,37+,42-,43-,48-/m0/s1. The van der Waals surface area contributed by atoms with E-state index in [0.717, 1.165) is 56.7 Å². The monoisotopic (exact) mass is 963 g/mol. The van der Waals surface area contributed by atoms with Crippen LogP contribution in [0.15, 0.2) is 54.9 Å². The van der Waals surface area contributed by atoms with E-state index in [0.29, 0.717) is 66.0 Å². The third-order valence-electron chi connectivity index (χ3n) is 13.6. The Kier molecular flexibility index (Phi) is 13.3. The average molecular weight is 964 g/mol. The number of nitrogens with one attached hydrogen (secondary N) is 4. The predicted octanol–water partition coefficient (Wildman–Crippen LogP) is 8.70. The summed E-state index contributed by atoms with van der Waals surface area (Å²) in [4.78, 5) is 74.1. The molecule has 0 bridgehead atoms. The number of carbonyl (C=O) groups excluding carboxylic acids is 4. The number of imidazole rings is 2. The number of hydrogen-bond acceptors (Lipinski definition) is 11. The Morgan fingerprint density at radius 1 is 0.841 bits per heavy atom. The van der Waals surface area contributed by atoms with Crippen LogP contribution in [0.4, 0.5) is 14.0 Å². The molecule has 2 saturated heterocycles. The number of methoxy groups -OCH3 is 2. The van der Waals surface area contributed by atoms with Gasteiger partial charge >= 0.3 is 12.2 Å². The summed E-state index contributed by atoms with van der Waals surface area (Å²) >= 11 is 1.64. The second kappa shape index (κ2) is 19.3. The van der Waals surface area contributed by atoms with Crippen molar-refractivity contribution < 1.29 is 42.5 Å². The quantitative estimate of drug-likeness (QED) is 0.0869. The molecule has 0 spiro atoms. The lowest BCUT2D eigenvalue weighted by atomic mass is 10.0. The highest BCUT2D eigenvalue weighted by molar-refractivity contribution is 7.12. The van der Waals surface area contributed by atoms with Gasteiger partial charge in [0.05, 0.1) is 77.8 Å². The molecule has 6 aromatic rings. The number of nitrogens with zero attached hydrogens (tertiary/aromatic N) is 5. The molecule has 17 nitrogen and oxygen atoms in total. The lowest BCUT2D eigenvalue weighted by Crippen LogP contribution is -2.54. The number of hydrogen-bond donors (Lipinski definition) is 4. The number of likely N-dealkylation sites (tertiary alicyclic amines) is 2. The zero-order chi connectivity index (χ0) is 48.8. The Balaban J connectivity index is 1.02. The lowest BCUT2D eigenvalue weighted by Gasteiger charge is -2.31. The Labute approximate surface area is 403 Å². The van der Waals surface area contributed by atoms with Gasteiger partial charge in [0, 0.05) is 41.1 Å². The third kappa shape index (κ3) is 8.93.